The number of carbonyl (C=O) groups excluding carboxylic acids is 1. The molecule has 4 nitrogen and oxygen atoms in total. The SMILES string of the molecule is NCC1(CC(=O)NC2CCN(Cc3ccc(Cl)cc3)CC2)CCCCC1. The summed E-state index contributed by atoms with van der Waals surface area (Å²) in [6.45, 7) is 3.64. The number of piperidine rings is 1. The van der Waals surface area contributed by atoms with Gasteiger partial charge in [0.15, 0.2) is 0 Å². The van der Waals surface area contributed by atoms with Crippen molar-refractivity contribution in [2.24, 2.45) is 11.1 Å². The molecule has 144 valence electrons. The Labute approximate surface area is 162 Å². The van der Waals surface area contributed by atoms with Crippen LogP contribution in [0.15, 0.2) is 24.3 Å². The summed E-state index contributed by atoms with van der Waals surface area (Å²) in [4.78, 5) is 15.0. The largest absolute Gasteiger partial charge is 0.353 e. The molecule has 1 saturated carbocycles. The van der Waals surface area contributed by atoms with Crippen LogP contribution in [0.3, 0.4) is 0 Å². The van der Waals surface area contributed by atoms with Gasteiger partial charge in [-0.05, 0) is 55.3 Å². The second-order valence-electron chi connectivity index (χ2n) is 8.19. The van der Waals surface area contributed by atoms with Crippen molar-refractivity contribution in [2.75, 3.05) is 19.6 Å². The number of nitrogens with one attached hydrogen (secondary N) is 1. The molecule has 2 fully saturated rings. The minimum Gasteiger partial charge on any atom is -0.353 e. The van der Waals surface area contributed by atoms with Crippen LogP contribution in [0.5, 0.6) is 0 Å². The first kappa shape index (κ1) is 19.7. The molecule has 0 atom stereocenters. The van der Waals surface area contributed by atoms with E-state index in [0.29, 0.717) is 19.0 Å². The number of hydrogen-bond donors (Lipinski definition) is 2. The van der Waals surface area contributed by atoms with E-state index in [2.05, 4.69) is 22.3 Å². The lowest BCUT2D eigenvalue weighted by Gasteiger charge is -2.37. The molecule has 1 aromatic carbocycles. The van der Waals surface area contributed by atoms with Crippen LogP contribution in [-0.4, -0.2) is 36.5 Å². The zero-order valence-corrected chi connectivity index (χ0v) is 16.4. The molecule has 1 aliphatic carbocycles. The third-order valence-corrected chi connectivity index (χ3v) is 6.41. The van der Waals surface area contributed by atoms with Crippen LogP contribution in [0, 0.1) is 5.41 Å². The van der Waals surface area contributed by atoms with Crippen molar-refractivity contribution in [2.45, 2.75) is 64.0 Å². The van der Waals surface area contributed by atoms with E-state index >= 15 is 0 Å². The highest BCUT2D eigenvalue weighted by atomic mass is 35.5. The van der Waals surface area contributed by atoms with Gasteiger partial charge in [-0.2, -0.15) is 0 Å². The Morgan fingerprint density at radius 1 is 1.15 bits per heavy atom. The van der Waals surface area contributed by atoms with Crippen molar-refractivity contribution < 1.29 is 4.79 Å². The Bertz CT molecular complexity index is 575. The van der Waals surface area contributed by atoms with E-state index in [-0.39, 0.29) is 11.3 Å². The van der Waals surface area contributed by atoms with Crippen molar-refractivity contribution in [3.63, 3.8) is 0 Å². The molecule has 1 aromatic rings. The fourth-order valence-electron chi connectivity index (χ4n) is 4.46. The van der Waals surface area contributed by atoms with Gasteiger partial charge in [-0.1, -0.05) is 43.0 Å². The summed E-state index contributed by atoms with van der Waals surface area (Å²) in [5, 5.41) is 4.06. The fourth-order valence-corrected chi connectivity index (χ4v) is 4.58. The Balaban J connectivity index is 1.41. The van der Waals surface area contributed by atoms with Crippen LogP contribution >= 0.6 is 11.6 Å². The summed E-state index contributed by atoms with van der Waals surface area (Å²) < 4.78 is 0. The number of likely N-dealkylation sites (tertiary alicyclic amines) is 1. The highest BCUT2D eigenvalue weighted by Gasteiger charge is 2.33. The highest BCUT2D eigenvalue weighted by Crippen LogP contribution is 2.38. The summed E-state index contributed by atoms with van der Waals surface area (Å²) in [5.74, 6) is 0.202. The Morgan fingerprint density at radius 2 is 1.81 bits per heavy atom. The number of hydrogen-bond acceptors (Lipinski definition) is 3. The average Bonchev–Trinajstić information content (AvgIpc) is 2.66. The molecule has 3 N–H and O–H groups in total. The average molecular weight is 378 g/mol. The molecule has 0 spiro atoms. The van der Waals surface area contributed by atoms with Gasteiger partial charge in [-0.3, -0.25) is 9.69 Å². The van der Waals surface area contributed by atoms with E-state index in [1.807, 2.05) is 12.1 Å². The predicted octanol–water partition coefficient (Wildman–Crippen LogP) is 3.72. The zero-order chi connectivity index (χ0) is 18.4. The Morgan fingerprint density at radius 3 is 2.42 bits per heavy atom. The summed E-state index contributed by atoms with van der Waals surface area (Å²) in [6.07, 6.45) is 8.59. The first-order valence-corrected chi connectivity index (χ1v) is 10.4. The molecule has 1 amide bonds. The van der Waals surface area contributed by atoms with Gasteiger partial charge in [-0.25, -0.2) is 0 Å². The van der Waals surface area contributed by atoms with E-state index in [9.17, 15) is 4.79 Å². The monoisotopic (exact) mass is 377 g/mol. The number of amides is 1. The van der Waals surface area contributed by atoms with Gasteiger partial charge in [-0.15, -0.1) is 0 Å². The van der Waals surface area contributed by atoms with E-state index in [4.69, 9.17) is 17.3 Å². The quantitative estimate of drug-likeness (QED) is 0.794. The fraction of sp³-hybridized carbons (Fsp3) is 0.667. The normalized spacial score (nSPS) is 21.5. The molecular weight excluding hydrogens is 346 g/mol. The third kappa shape index (κ3) is 5.45. The molecule has 0 radical (unpaired) electrons. The Kier molecular flexibility index (Phi) is 6.96. The lowest BCUT2D eigenvalue weighted by Crippen LogP contribution is -2.46. The molecule has 1 saturated heterocycles. The highest BCUT2D eigenvalue weighted by molar-refractivity contribution is 6.30. The van der Waals surface area contributed by atoms with Crippen LogP contribution in [0.25, 0.3) is 0 Å². The summed E-state index contributed by atoms with van der Waals surface area (Å²) in [6, 6.07) is 8.38. The van der Waals surface area contributed by atoms with Gasteiger partial charge in [0.25, 0.3) is 0 Å². The van der Waals surface area contributed by atoms with Gasteiger partial charge < -0.3 is 11.1 Å². The topological polar surface area (TPSA) is 58.4 Å². The second-order valence-corrected chi connectivity index (χ2v) is 8.62. The van der Waals surface area contributed by atoms with E-state index in [0.717, 1.165) is 50.3 Å². The van der Waals surface area contributed by atoms with Gasteiger partial charge >= 0.3 is 0 Å². The van der Waals surface area contributed by atoms with Crippen LogP contribution in [-0.2, 0) is 11.3 Å². The zero-order valence-electron chi connectivity index (χ0n) is 15.7. The molecule has 2 aliphatic rings. The lowest BCUT2D eigenvalue weighted by atomic mass is 9.71. The number of carbonyl (C=O) groups is 1. The smallest absolute Gasteiger partial charge is 0.220 e. The number of nitrogens with zero attached hydrogens (tertiary/aromatic N) is 1. The van der Waals surface area contributed by atoms with Gasteiger partial charge in [0, 0.05) is 37.1 Å². The molecule has 1 heterocycles. The van der Waals surface area contributed by atoms with Gasteiger partial charge in [0.05, 0.1) is 0 Å². The Hall–Kier alpha value is -1.10. The number of benzene rings is 1. The standard InChI is InChI=1S/C21H32ClN3O/c22-18-6-4-17(5-7-18)15-25-12-8-19(9-13-25)24-20(26)14-21(16-23)10-2-1-3-11-21/h4-7,19H,1-3,8-16,23H2,(H,24,26). The van der Waals surface area contributed by atoms with Crippen molar-refractivity contribution in [3.05, 3.63) is 34.9 Å². The van der Waals surface area contributed by atoms with E-state index in [1.54, 1.807) is 0 Å². The van der Waals surface area contributed by atoms with Gasteiger partial charge in [0.1, 0.15) is 0 Å². The first-order chi connectivity index (χ1) is 12.6. The molecule has 0 unspecified atom stereocenters. The van der Waals surface area contributed by atoms with Gasteiger partial charge in [0.2, 0.25) is 5.91 Å². The van der Waals surface area contributed by atoms with Crippen molar-refractivity contribution in [3.8, 4) is 0 Å². The molecule has 1 aliphatic heterocycles. The molecule has 5 heteroatoms. The molecule has 26 heavy (non-hydrogen) atoms. The van der Waals surface area contributed by atoms with Crippen LogP contribution in [0.2, 0.25) is 5.02 Å². The summed E-state index contributed by atoms with van der Waals surface area (Å²) in [5.41, 5.74) is 7.37. The predicted molar refractivity (Wildman–Crippen MR) is 107 cm³/mol. The number of halogens is 1. The van der Waals surface area contributed by atoms with Crippen LogP contribution in [0.4, 0.5) is 0 Å². The molecule has 0 aromatic heterocycles. The molecular formula is C21H32ClN3O. The van der Waals surface area contributed by atoms with E-state index < -0.39 is 0 Å². The maximum absolute atomic E-state index is 12.6. The van der Waals surface area contributed by atoms with Crippen molar-refractivity contribution >= 4 is 17.5 Å². The van der Waals surface area contributed by atoms with E-state index in [1.165, 1.54) is 24.8 Å². The van der Waals surface area contributed by atoms with Crippen molar-refractivity contribution in [1.82, 2.24) is 10.2 Å². The summed E-state index contributed by atoms with van der Waals surface area (Å²) >= 11 is 5.95. The third-order valence-electron chi connectivity index (χ3n) is 6.15. The number of rotatable bonds is 6. The lowest BCUT2D eigenvalue weighted by molar-refractivity contribution is -0.124. The van der Waals surface area contributed by atoms with Crippen molar-refractivity contribution in [1.29, 1.82) is 0 Å². The minimum atomic E-state index is 0.0532. The second kappa shape index (κ2) is 9.20. The van der Waals surface area contributed by atoms with Crippen LogP contribution in [0.1, 0.15) is 56.9 Å². The summed E-state index contributed by atoms with van der Waals surface area (Å²) in [7, 11) is 0. The van der Waals surface area contributed by atoms with Crippen LogP contribution < -0.4 is 11.1 Å². The maximum atomic E-state index is 12.6. The maximum Gasteiger partial charge on any atom is 0.220 e. The molecule has 0 bridgehead atoms. The first-order valence-electron chi connectivity index (χ1n) is 10.0. The molecule has 3 rings (SSSR count). The minimum absolute atomic E-state index is 0.0532. The number of nitrogens with two attached hydrogens (primary N) is 1.